The van der Waals surface area contributed by atoms with Gasteiger partial charge in [-0.25, -0.2) is 14.2 Å². The maximum absolute atomic E-state index is 13.9. The van der Waals surface area contributed by atoms with E-state index in [9.17, 15) is 9.18 Å². The van der Waals surface area contributed by atoms with Crippen molar-refractivity contribution in [1.82, 2.24) is 14.9 Å². The second-order valence-electron chi connectivity index (χ2n) is 4.41. The van der Waals surface area contributed by atoms with Crippen LogP contribution in [0.5, 0.6) is 0 Å². The molecule has 7 heteroatoms. The number of amides is 1. The number of rotatable bonds is 3. The van der Waals surface area contributed by atoms with E-state index in [-0.39, 0.29) is 18.1 Å². The average molecular weight is 330 g/mol. The molecule has 0 unspecified atom stereocenters. The summed E-state index contributed by atoms with van der Waals surface area (Å²) in [6, 6.07) is 3.16. The van der Waals surface area contributed by atoms with Crippen LogP contribution in [-0.2, 0) is 6.54 Å². The number of fused-ring (bicyclic) bond motifs is 1. The number of benzene rings is 1. The molecule has 1 aromatic heterocycles. The van der Waals surface area contributed by atoms with Crippen molar-refractivity contribution in [2.24, 2.45) is 0 Å². The van der Waals surface area contributed by atoms with Crippen LogP contribution in [-0.4, -0.2) is 20.8 Å². The van der Waals surface area contributed by atoms with Gasteiger partial charge in [-0.1, -0.05) is 15.9 Å². The summed E-state index contributed by atoms with van der Waals surface area (Å²) >= 11 is 3.25. The van der Waals surface area contributed by atoms with Gasteiger partial charge in [0.05, 0.1) is 12.1 Å². The summed E-state index contributed by atoms with van der Waals surface area (Å²) in [5.41, 5.74) is 0.892. The van der Waals surface area contributed by atoms with Gasteiger partial charge in [-0.3, -0.25) is 0 Å². The van der Waals surface area contributed by atoms with Gasteiger partial charge in [-0.05, 0) is 26.0 Å². The SMILES string of the molecule is CC(C)n1c(CNC(=O)O)nc2c(F)cc(Br)cc21. The number of nitrogens with one attached hydrogen (secondary N) is 1. The molecule has 1 aromatic carbocycles. The molecule has 0 saturated carbocycles. The number of hydrogen-bond donors (Lipinski definition) is 2. The number of aromatic nitrogens is 2. The van der Waals surface area contributed by atoms with E-state index in [0.29, 0.717) is 15.8 Å². The second kappa shape index (κ2) is 5.16. The smallest absolute Gasteiger partial charge is 0.405 e. The lowest BCUT2D eigenvalue weighted by atomic mass is 10.3. The van der Waals surface area contributed by atoms with Gasteiger partial charge in [0, 0.05) is 10.5 Å². The number of nitrogens with zero attached hydrogens (tertiary/aromatic N) is 2. The maximum atomic E-state index is 13.9. The minimum Gasteiger partial charge on any atom is -0.465 e. The molecule has 0 saturated heterocycles. The van der Waals surface area contributed by atoms with Gasteiger partial charge < -0.3 is 15.0 Å². The van der Waals surface area contributed by atoms with Crippen LogP contribution in [0.3, 0.4) is 0 Å². The Morgan fingerprint density at radius 3 is 2.84 bits per heavy atom. The molecule has 0 fully saturated rings. The van der Waals surface area contributed by atoms with E-state index in [1.807, 2.05) is 18.4 Å². The molecule has 0 bridgehead atoms. The maximum Gasteiger partial charge on any atom is 0.405 e. The molecule has 19 heavy (non-hydrogen) atoms. The quantitative estimate of drug-likeness (QED) is 0.907. The van der Waals surface area contributed by atoms with E-state index in [1.165, 1.54) is 6.07 Å². The van der Waals surface area contributed by atoms with Crippen LogP contribution in [0.15, 0.2) is 16.6 Å². The Bertz CT molecular complexity index is 639. The van der Waals surface area contributed by atoms with Crippen LogP contribution < -0.4 is 5.32 Å². The molecule has 0 aliphatic rings. The highest BCUT2D eigenvalue weighted by Crippen LogP contribution is 2.26. The predicted octanol–water partition coefficient (Wildman–Crippen LogP) is 3.29. The molecule has 5 nitrogen and oxygen atoms in total. The normalized spacial score (nSPS) is 11.2. The lowest BCUT2D eigenvalue weighted by Gasteiger charge is -2.13. The van der Waals surface area contributed by atoms with Crippen molar-refractivity contribution < 1.29 is 14.3 Å². The molecule has 102 valence electrons. The Balaban J connectivity index is 2.60. The van der Waals surface area contributed by atoms with E-state index in [4.69, 9.17) is 5.11 Å². The fourth-order valence-corrected chi connectivity index (χ4v) is 2.44. The third-order valence-electron chi connectivity index (χ3n) is 2.70. The summed E-state index contributed by atoms with van der Waals surface area (Å²) in [4.78, 5) is 14.7. The van der Waals surface area contributed by atoms with E-state index >= 15 is 0 Å². The van der Waals surface area contributed by atoms with Crippen molar-refractivity contribution in [3.63, 3.8) is 0 Å². The van der Waals surface area contributed by atoms with E-state index < -0.39 is 11.9 Å². The minimum atomic E-state index is -1.14. The molecular weight excluding hydrogens is 317 g/mol. The number of carboxylic acid groups (broad SMARTS) is 1. The van der Waals surface area contributed by atoms with Crippen molar-refractivity contribution in [3.05, 3.63) is 28.2 Å². The first kappa shape index (κ1) is 13.8. The summed E-state index contributed by atoms with van der Waals surface area (Å²) in [6.07, 6.45) is -1.14. The highest BCUT2D eigenvalue weighted by atomic mass is 79.9. The lowest BCUT2D eigenvalue weighted by molar-refractivity contribution is 0.193. The summed E-state index contributed by atoms with van der Waals surface area (Å²) in [5.74, 6) is 0.0600. The van der Waals surface area contributed by atoms with Crippen molar-refractivity contribution in [2.75, 3.05) is 0 Å². The zero-order valence-corrected chi connectivity index (χ0v) is 12.0. The van der Waals surface area contributed by atoms with Crippen LogP contribution in [0.25, 0.3) is 11.0 Å². The zero-order chi connectivity index (χ0) is 14.2. The first-order valence-electron chi connectivity index (χ1n) is 5.72. The van der Waals surface area contributed by atoms with E-state index in [0.717, 1.165) is 0 Å². The fourth-order valence-electron chi connectivity index (χ4n) is 2.02. The van der Waals surface area contributed by atoms with Crippen molar-refractivity contribution in [1.29, 1.82) is 0 Å². The van der Waals surface area contributed by atoms with Crippen LogP contribution in [0.4, 0.5) is 9.18 Å². The lowest BCUT2D eigenvalue weighted by Crippen LogP contribution is -2.22. The molecular formula is C12H13BrFN3O2. The molecule has 2 rings (SSSR count). The van der Waals surface area contributed by atoms with Crippen LogP contribution in [0.1, 0.15) is 25.7 Å². The molecule has 2 N–H and O–H groups in total. The fraction of sp³-hybridized carbons (Fsp3) is 0.333. The second-order valence-corrected chi connectivity index (χ2v) is 5.32. The third-order valence-corrected chi connectivity index (χ3v) is 3.16. The Labute approximate surface area is 117 Å². The molecule has 1 heterocycles. The van der Waals surface area contributed by atoms with Crippen molar-refractivity contribution in [2.45, 2.75) is 26.4 Å². The van der Waals surface area contributed by atoms with Crippen molar-refractivity contribution >= 4 is 33.1 Å². The Morgan fingerprint density at radius 2 is 2.26 bits per heavy atom. The van der Waals surface area contributed by atoms with Gasteiger partial charge in [0.1, 0.15) is 11.3 Å². The van der Waals surface area contributed by atoms with Gasteiger partial charge in [0.15, 0.2) is 5.82 Å². The monoisotopic (exact) mass is 329 g/mol. The van der Waals surface area contributed by atoms with Crippen LogP contribution in [0.2, 0.25) is 0 Å². The Morgan fingerprint density at radius 1 is 1.58 bits per heavy atom. The van der Waals surface area contributed by atoms with Gasteiger partial charge in [-0.15, -0.1) is 0 Å². The average Bonchev–Trinajstić information content (AvgIpc) is 2.64. The topological polar surface area (TPSA) is 67.2 Å². The van der Waals surface area contributed by atoms with E-state index in [2.05, 4.69) is 26.2 Å². The van der Waals surface area contributed by atoms with Gasteiger partial charge in [0.25, 0.3) is 0 Å². The highest BCUT2D eigenvalue weighted by Gasteiger charge is 2.17. The largest absolute Gasteiger partial charge is 0.465 e. The van der Waals surface area contributed by atoms with E-state index in [1.54, 1.807) is 6.07 Å². The van der Waals surface area contributed by atoms with Gasteiger partial charge >= 0.3 is 6.09 Å². The van der Waals surface area contributed by atoms with Crippen molar-refractivity contribution in [3.8, 4) is 0 Å². The molecule has 0 atom stereocenters. The third kappa shape index (κ3) is 2.70. The summed E-state index contributed by atoms with van der Waals surface area (Å²) in [7, 11) is 0. The van der Waals surface area contributed by atoms with Crippen LogP contribution >= 0.6 is 15.9 Å². The molecule has 0 aliphatic heterocycles. The molecule has 1 amide bonds. The number of imidazole rings is 1. The first-order chi connectivity index (χ1) is 8.90. The highest BCUT2D eigenvalue weighted by molar-refractivity contribution is 9.10. The summed E-state index contributed by atoms with van der Waals surface area (Å²) in [6.45, 7) is 3.91. The molecule has 0 radical (unpaired) electrons. The molecule has 2 aromatic rings. The summed E-state index contributed by atoms with van der Waals surface area (Å²) in [5, 5.41) is 10.9. The zero-order valence-electron chi connectivity index (χ0n) is 10.4. The van der Waals surface area contributed by atoms with Gasteiger partial charge in [0.2, 0.25) is 0 Å². The first-order valence-corrected chi connectivity index (χ1v) is 6.52. The predicted molar refractivity (Wildman–Crippen MR) is 72.6 cm³/mol. The number of carbonyl (C=O) groups is 1. The minimum absolute atomic E-state index is 0.0409. The molecule has 0 aliphatic carbocycles. The molecule has 0 spiro atoms. The van der Waals surface area contributed by atoms with Crippen LogP contribution in [0, 0.1) is 5.82 Å². The number of hydrogen-bond acceptors (Lipinski definition) is 2. The number of halogens is 2. The standard InChI is InChI=1S/C12H13BrFN3O2/c1-6(2)17-9-4-7(13)3-8(14)11(9)16-10(17)5-15-12(18)19/h3-4,6,15H,5H2,1-2H3,(H,18,19). The van der Waals surface area contributed by atoms with Gasteiger partial charge in [-0.2, -0.15) is 0 Å². The Kier molecular flexibility index (Phi) is 3.75. The summed E-state index contributed by atoms with van der Waals surface area (Å²) < 4.78 is 16.3. The Hall–Kier alpha value is -1.63.